The summed E-state index contributed by atoms with van der Waals surface area (Å²) in [4.78, 5) is 42.3. The van der Waals surface area contributed by atoms with Crippen molar-refractivity contribution < 1.29 is 42.8 Å². The van der Waals surface area contributed by atoms with Crippen molar-refractivity contribution in [2.24, 2.45) is 11.8 Å². The maximum atomic E-state index is 13.0. The Morgan fingerprint density at radius 2 is 1.86 bits per heavy atom. The summed E-state index contributed by atoms with van der Waals surface area (Å²) in [5.74, 6) is -2.79. The molecule has 1 aliphatic rings. The maximum Gasteiger partial charge on any atom is 0.323 e. The zero-order valence-corrected chi connectivity index (χ0v) is 25.3. The fourth-order valence-corrected chi connectivity index (χ4v) is 4.13. The molecule has 15 heteroatoms. The Kier molecular flexibility index (Phi) is 11.8. The first kappa shape index (κ1) is 33.7. The third-order valence-electron chi connectivity index (χ3n) is 6.85. The van der Waals surface area contributed by atoms with E-state index in [9.17, 15) is 19.6 Å². The Morgan fingerprint density at radius 1 is 1.16 bits per heavy atom. The molecule has 0 aromatic carbocycles. The first-order chi connectivity index (χ1) is 20.4. The van der Waals surface area contributed by atoms with Gasteiger partial charge in [-0.3, -0.25) is 19.7 Å². The van der Waals surface area contributed by atoms with E-state index in [1.165, 1.54) is 18.0 Å². The van der Waals surface area contributed by atoms with E-state index in [0.717, 1.165) is 0 Å². The van der Waals surface area contributed by atoms with Gasteiger partial charge in [0.1, 0.15) is 30.1 Å². The highest BCUT2D eigenvalue weighted by Crippen LogP contribution is 2.35. The van der Waals surface area contributed by atoms with E-state index >= 15 is 0 Å². The van der Waals surface area contributed by atoms with Crippen LogP contribution in [0.4, 0.5) is 5.82 Å². The van der Waals surface area contributed by atoms with Gasteiger partial charge in [-0.25, -0.2) is 9.50 Å². The lowest BCUT2D eigenvalue weighted by molar-refractivity contribution is -0.201. The minimum absolute atomic E-state index is 0.159. The van der Waals surface area contributed by atoms with Gasteiger partial charge in [0.05, 0.1) is 44.1 Å². The standard InChI is InChI=1S/C28H40N6O9/c1-16(2)25(35)42-22(20-7-8-21-24(30)31-14-33-34(20)21)23(43-26(36)17(3)4)28(12-29,38-6)13-40-15-32-18(5)27(37)41-19-9-10-39-11-19/h7-8,14,16-19,22-23,32H,9-11,13,15H2,1-6H3,(H2,30,31,33)/t18-,19-,22-,23-,28?/m0/s1. The van der Waals surface area contributed by atoms with Crippen molar-refractivity contribution in [1.82, 2.24) is 19.9 Å². The number of carbonyl (C=O) groups is 3. The molecule has 1 unspecified atom stereocenters. The van der Waals surface area contributed by atoms with E-state index in [4.69, 9.17) is 34.2 Å². The molecule has 0 amide bonds. The van der Waals surface area contributed by atoms with E-state index in [2.05, 4.69) is 21.5 Å². The second kappa shape index (κ2) is 15.1. The number of nitrogen functional groups attached to an aromatic ring is 1. The summed E-state index contributed by atoms with van der Waals surface area (Å²) in [5, 5.41) is 17.6. The van der Waals surface area contributed by atoms with Crippen LogP contribution in [0.25, 0.3) is 5.52 Å². The number of nitrogens with one attached hydrogen (secondary N) is 1. The lowest BCUT2D eigenvalue weighted by Crippen LogP contribution is -2.54. The third kappa shape index (κ3) is 8.17. The van der Waals surface area contributed by atoms with Gasteiger partial charge in [-0.2, -0.15) is 10.4 Å². The number of nitriles is 1. The molecule has 2 aromatic rings. The average molecular weight is 605 g/mol. The van der Waals surface area contributed by atoms with Gasteiger partial charge >= 0.3 is 17.9 Å². The van der Waals surface area contributed by atoms with Crippen LogP contribution < -0.4 is 11.1 Å². The van der Waals surface area contributed by atoms with Crippen LogP contribution in [-0.2, 0) is 42.8 Å². The second-order valence-electron chi connectivity index (χ2n) is 10.8. The smallest absolute Gasteiger partial charge is 0.323 e. The van der Waals surface area contributed by atoms with Crippen molar-refractivity contribution in [1.29, 1.82) is 5.26 Å². The van der Waals surface area contributed by atoms with E-state index in [1.807, 2.05) is 0 Å². The lowest BCUT2D eigenvalue weighted by Gasteiger charge is -2.37. The van der Waals surface area contributed by atoms with E-state index in [0.29, 0.717) is 25.2 Å². The Bertz CT molecular complexity index is 1300. The van der Waals surface area contributed by atoms with Crippen molar-refractivity contribution in [3.8, 4) is 6.07 Å². The highest BCUT2D eigenvalue weighted by atomic mass is 16.6. The minimum atomic E-state index is -1.98. The number of hydrogen-bond acceptors (Lipinski definition) is 14. The Morgan fingerprint density at radius 3 is 2.47 bits per heavy atom. The molecule has 0 aliphatic carbocycles. The zero-order chi connectivity index (χ0) is 31.7. The van der Waals surface area contributed by atoms with Gasteiger partial charge in [0.2, 0.25) is 5.60 Å². The second-order valence-corrected chi connectivity index (χ2v) is 10.8. The number of fused-ring (bicyclic) bond motifs is 1. The molecule has 3 rings (SSSR count). The van der Waals surface area contributed by atoms with Gasteiger partial charge in [0.25, 0.3) is 0 Å². The molecule has 43 heavy (non-hydrogen) atoms. The number of nitrogens with two attached hydrogens (primary N) is 1. The Labute approximate surface area is 249 Å². The van der Waals surface area contributed by atoms with Crippen molar-refractivity contribution in [3.63, 3.8) is 0 Å². The van der Waals surface area contributed by atoms with Crippen LogP contribution in [0.3, 0.4) is 0 Å². The first-order valence-corrected chi connectivity index (χ1v) is 14.0. The summed E-state index contributed by atoms with van der Waals surface area (Å²) in [6, 6.07) is 4.52. The molecule has 3 N–H and O–H groups in total. The van der Waals surface area contributed by atoms with Gasteiger partial charge in [-0.1, -0.05) is 27.7 Å². The van der Waals surface area contributed by atoms with Crippen LogP contribution in [0.2, 0.25) is 0 Å². The number of nitrogens with zero attached hydrogens (tertiary/aromatic N) is 4. The molecule has 1 aliphatic heterocycles. The molecule has 0 bridgehead atoms. The molecule has 0 radical (unpaired) electrons. The molecule has 236 valence electrons. The number of aromatic nitrogens is 3. The number of anilines is 1. The highest BCUT2D eigenvalue weighted by Gasteiger charge is 2.51. The normalized spacial score (nSPS) is 18.5. The molecule has 0 spiro atoms. The monoisotopic (exact) mass is 604 g/mol. The number of ether oxygens (including phenoxy) is 6. The average Bonchev–Trinajstić information content (AvgIpc) is 3.66. The van der Waals surface area contributed by atoms with Crippen LogP contribution in [-0.4, -0.2) is 90.0 Å². The van der Waals surface area contributed by atoms with Crippen molar-refractivity contribution in [2.45, 2.75) is 71.0 Å². The van der Waals surface area contributed by atoms with Crippen LogP contribution in [0.15, 0.2) is 18.5 Å². The Balaban J connectivity index is 1.92. The predicted molar refractivity (Wildman–Crippen MR) is 150 cm³/mol. The molecule has 2 aromatic heterocycles. The summed E-state index contributed by atoms with van der Waals surface area (Å²) in [6.07, 6.45) is -1.36. The predicted octanol–water partition coefficient (Wildman–Crippen LogP) is 1.31. The molecular weight excluding hydrogens is 564 g/mol. The fourth-order valence-electron chi connectivity index (χ4n) is 4.13. The summed E-state index contributed by atoms with van der Waals surface area (Å²) in [5.41, 5.74) is 4.69. The van der Waals surface area contributed by atoms with Crippen molar-refractivity contribution >= 4 is 29.2 Å². The summed E-state index contributed by atoms with van der Waals surface area (Å²) in [6.45, 7) is 8.37. The third-order valence-corrected chi connectivity index (χ3v) is 6.85. The highest BCUT2D eigenvalue weighted by molar-refractivity contribution is 5.75. The number of rotatable bonds is 15. The van der Waals surface area contributed by atoms with Gasteiger partial charge in [-0.05, 0) is 19.1 Å². The molecule has 15 nitrogen and oxygen atoms in total. The van der Waals surface area contributed by atoms with Gasteiger partial charge in [0, 0.05) is 13.5 Å². The van der Waals surface area contributed by atoms with E-state index in [1.54, 1.807) is 46.8 Å². The van der Waals surface area contributed by atoms with Gasteiger partial charge in [0.15, 0.2) is 18.0 Å². The quantitative estimate of drug-likeness (QED) is 0.128. The zero-order valence-electron chi connectivity index (χ0n) is 25.3. The molecule has 5 atom stereocenters. The number of carbonyl (C=O) groups excluding carboxylic acids is 3. The number of hydrogen-bond donors (Lipinski definition) is 2. The molecule has 1 fully saturated rings. The van der Waals surface area contributed by atoms with Crippen LogP contribution >= 0.6 is 0 Å². The molecule has 3 heterocycles. The SMILES string of the molecule is COC(C#N)(COCN[C@@H](C)C(=O)O[C@H]1CCOC1)[C@@H](OC(=O)C(C)C)[C@@H](OC(=O)C(C)C)c1ccc2c(N)ncnn12. The fraction of sp³-hybridized carbons (Fsp3) is 0.643. The van der Waals surface area contributed by atoms with E-state index < -0.39 is 60.2 Å². The number of methoxy groups -OCH3 is 1. The largest absolute Gasteiger partial charge is 0.459 e. The van der Waals surface area contributed by atoms with Crippen LogP contribution in [0, 0.1) is 23.2 Å². The molecule has 1 saturated heterocycles. The summed E-state index contributed by atoms with van der Waals surface area (Å²) < 4.78 is 35.2. The molecule has 0 saturated carbocycles. The van der Waals surface area contributed by atoms with Gasteiger partial charge < -0.3 is 34.2 Å². The first-order valence-electron chi connectivity index (χ1n) is 14.0. The van der Waals surface area contributed by atoms with Crippen molar-refractivity contribution in [3.05, 3.63) is 24.2 Å². The van der Waals surface area contributed by atoms with E-state index in [-0.39, 0.29) is 24.3 Å². The maximum absolute atomic E-state index is 13.0. The lowest BCUT2D eigenvalue weighted by atomic mass is 9.92. The summed E-state index contributed by atoms with van der Waals surface area (Å²) >= 11 is 0. The summed E-state index contributed by atoms with van der Waals surface area (Å²) in [7, 11) is 1.25. The van der Waals surface area contributed by atoms with Crippen LogP contribution in [0.1, 0.15) is 52.8 Å². The molecular formula is C28H40N6O9. The topological polar surface area (TPSA) is 199 Å². The van der Waals surface area contributed by atoms with Crippen molar-refractivity contribution in [2.75, 3.05) is 39.4 Å². The minimum Gasteiger partial charge on any atom is -0.459 e. The van der Waals surface area contributed by atoms with Gasteiger partial charge in [-0.15, -0.1) is 0 Å². The Hall–Kier alpha value is -3.84. The van der Waals surface area contributed by atoms with Crippen LogP contribution in [0.5, 0.6) is 0 Å². The number of esters is 3.